The van der Waals surface area contributed by atoms with Gasteiger partial charge in [0.05, 0.1) is 5.60 Å². The highest BCUT2D eigenvalue weighted by Crippen LogP contribution is 2.68. The first-order chi connectivity index (χ1) is 15.3. The van der Waals surface area contributed by atoms with Crippen molar-refractivity contribution in [3.05, 3.63) is 35.9 Å². The van der Waals surface area contributed by atoms with Gasteiger partial charge in [0.25, 0.3) is 0 Å². The van der Waals surface area contributed by atoms with Gasteiger partial charge in [-0.15, -0.1) is 0 Å². The number of fused-ring (bicyclic) bond motifs is 5. The number of rotatable bonds is 4. The van der Waals surface area contributed by atoms with Crippen LogP contribution in [0.5, 0.6) is 0 Å². The maximum absolute atomic E-state index is 12.0. The first kappa shape index (κ1) is 22.4. The molecule has 0 heterocycles. The lowest BCUT2D eigenvalue weighted by atomic mass is 9.44. The fourth-order valence-corrected chi connectivity index (χ4v) is 9.08. The smallest absolute Gasteiger partial charge is 0.302 e. The molecule has 3 nitrogen and oxygen atoms in total. The minimum absolute atomic E-state index is 0.0566. The van der Waals surface area contributed by atoms with E-state index in [0.717, 1.165) is 43.9 Å². The van der Waals surface area contributed by atoms with Crippen molar-refractivity contribution in [3.8, 4) is 0 Å². The molecular formula is C29H42O3. The van der Waals surface area contributed by atoms with E-state index in [1.165, 1.54) is 44.1 Å². The van der Waals surface area contributed by atoms with Crippen LogP contribution in [-0.4, -0.2) is 22.8 Å². The third kappa shape index (κ3) is 3.54. The topological polar surface area (TPSA) is 46.5 Å². The van der Waals surface area contributed by atoms with Crippen LogP contribution in [0.25, 0.3) is 0 Å². The van der Waals surface area contributed by atoms with Crippen molar-refractivity contribution in [1.82, 2.24) is 0 Å². The molecule has 0 saturated heterocycles. The molecule has 0 unspecified atom stereocenters. The van der Waals surface area contributed by atoms with E-state index in [1.807, 2.05) is 0 Å². The third-order valence-electron chi connectivity index (χ3n) is 10.9. The highest BCUT2D eigenvalue weighted by molar-refractivity contribution is 5.66. The standard InChI is InChI=1S/C29H42O3/c1-20(30)32-23-12-15-27(2)22(19-23)9-10-24-25(27)13-16-28(3)26(24)14-18-29(28,31)17-11-21-7-5-4-6-8-21/h4-8,22-26,31H,9-19H2,1-3H3/t22-,23-,24-,25+,26-,27-,28-,29-/m1/s1. The average molecular weight is 439 g/mol. The quantitative estimate of drug-likeness (QED) is 0.559. The Bertz CT molecular complexity index is 836. The molecule has 4 fully saturated rings. The summed E-state index contributed by atoms with van der Waals surface area (Å²) in [6, 6.07) is 10.7. The van der Waals surface area contributed by atoms with E-state index < -0.39 is 5.60 Å². The van der Waals surface area contributed by atoms with Crippen molar-refractivity contribution >= 4 is 5.97 Å². The Morgan fingerprint density at radius 3 is 2.50 bits per heavy atom. The first-order valence-corrected chi connectivity index (χ1v) is 13.2. The maximum atomic E-state index is 12.0. The predicted molar refractivity (Wildman–Crippen MR) is 127 cm³/mol. The Hall–Kier alpha value is -1.35. The Morgan fingerprint density at radius 2 is 1.75 bits per heavy atom. The second-order valence-corrected chi connectivity index (χ2v) is 12.2. The van der Waals surface area contributed by atoms with Crippen molar-refractivity contribution < 1.29 is 14.6 Å². The maximum Gasteiger partial charge on any atom is 0.302 e. The molecule has 176 valence electrons. The summed E-state index contributed by atoms with van der Waals surface area (Å²) < 4.78 is 5.63. The zero-order chi connectivity index (χ0) is 22.6. The molecule has 4 aliphatic carbocycles. The Morgan fingerprint density at radius 1 is 1.00 bits per heavy atom. The van der Waals surface area contributed by atoms with Crippen LogP contribution in [0, 0.1) is 34.5 Å². The van der Waals surface area contributed by atoms with E-state index in [9.17, 15) is 9.90 Å². The lowest BCUT2D eigenvalue weighted by molar-refractivity contribution is -0.170. The molecule has 4 aliphatic rings. The number of carbonyl (C=O) groups is 1. The van der Waals surface area contributed by atoms with Gasteiger partial charge in [-0.1, -0.05) is 44.2 Å². The molecule has 4 saturated carbocycles. The largest absolute Gasteiger partial charge is 0.463 e. The number of aliphatic hydroxyl groups is 1. The third-order valence-corrected chi connectivity index (χ3v) is 10.9. The molecule has 8 atom stereocenters. The SMILES string of the molecule is CC(=O)O[C@@H]1CC[C@]2(C)[C@H](CC[C@H]3[C@H]4CC[C@](O)(CCc5ccccc5)[C@]4(C)CC[C@@H]32)C1. The zero-order valence-electron chi connectivity index (χ0n) is 20.3. The summed E-state index contributed by atoms with van der Waals surface area (Å²) in [5, 5.41) is 12.0. The number of hydrogen-bond acceptors (Lipinski definition) is 3. The molecular weight excluding hydrogens is 396 g/mol. The van der Waals surface area contributed by atoms with Gasteiger partial charge in [0, 0.05) is 6.92 Å². The Balaban J connectivity index is 1.31. The van der Waals surface area contributed by atoms with Crippen LogP contribution in [0.4, 0.5) is 0 Å². The first-order valence-electron chi connectivity index (χ1n) is 13.2. The molecule has 0 radical (unpaired) electrons. The van der Waals surface area contributed by atoms with Crippen molar-refractivity contribution in [3.63, 3.8) is 0 Å². The van der Waals surface area contributed by atoms with Crippen LogP contribution in [0.3, 0.4) is 0 Å². The highest BCUT2D eigenvalue weighted by Gasteiger charge is 2.64. The lowest BCUT2D eigenvalue weighted by Gasteiger charge is -2.61. The monoisotopic (exact) mass is 438 g/mol. The van der Waals surface area contributed by atoms with E-state index >= 15 is 0 Å². The van der Waals surface area contributed by atoms with Gasteiger partial charge in [-0.25, -0.2) is 0 Å². The number of esters is 1. The molecule has 0 amide bonds. The van der Waals surface area contributed by atoms with Crippen LogP contribution in [0.1, 0.15) is 90.5 Å². The fourth-order valence-electron chi connectivity index (χ4n) is 9.08. The normalized spacial score (nSPS) is 45.4. The number of ether oxygens (including phenoxy) is 1. The fraction of sp³-hybridized carbons (Fsp3) is 0.759. The van der Waals surface area contributed by atoms with Crippen molar-refractivity contribution in [2.24, 2.45) is 34.5 Å². The number of benzene rings is 1. The second kappa shape index (κ2) is 8.15. The van der Waals surface area contributed by atoms with Gasteiger partial charge in [-0.05, 0) is 111 Å². The summed E-state index contributed by atoms with van der Waals surface area (Å²) in [5.74, 6) is 2.75. The predicted octanol–water partition coefficient (Wildman–Crippen LogP) is 6.32. The van der Waals surface area contributed by atoms with Gasteiger partial charge in [0.2, 0.25) is 0 Å². The van der Waals surface area contributed by atoms with Gasteiger partial charge in [0.15, 0.2) is 0 Å². The van der Waals surface area contributed by atoms with Crippen molar-refractivity contribution in [2.75, 3.05) is 0 Å². The minimum Gasteiger partial charge on any atom is -0.463 e. The van der Waals surface area contributed by atoms with Crippen LogP contribution in [0.2, 0.25) is 0 Å². The van der Waals surface area contributed by atoms with Gasteiger partial charge < -0.3 is 9.84 Å². The van der Waals surface area contributed by atoms with Crippen LogP contribution in [0.15, 0.2) is 30.3 Å². The van der Waals surface area contributed by atoms with Gasteiger partial charge in [-0.2, -0.15) is 0 Å². The molecule has 3 heteroatoms. The number of aryl methyl sites for hydroxylation is 1. The highest BCUT2D eigenvalue weighted by atomic mass is 16.5. The second-order valence-electron chi connectivity index (χ2n) is 12.2. The van der Waals surface area contributed by atoms with Crippen LogP contribution in [-0.2, 0) is 16.0 Å². The molecule has 32 heavy (non-hydrogen) atoms. The van der Waals surface area contributed by atoms with E-state index in [1.54, 1.807) is 6.92 Å². The molecule has 0 aromatic heterocycles. The summed E-state index contributed by atoms with van der Waals surface area (Å²) in [6.07, 6.45) is 12.4. The van der Waals surface area contributed by atoms with Crippen LogP contribution >= 0.6 is 0 Å². The van der Waals surface area contributed by atoms with Gasteiger partial charge >= 0.3 is 5.97 Å². The van der Waals surface area contributed by atoms with Gasteiger partial charge in [0.1, 0.15) is 6.10 Å². The summed E-state index contributed by atoms with van der Waals surface area (Å²) in [4.78, 5) is 11.5. The zero-order valence-corrected chi connectivity index (χ0v) is 20.3. The minimum atomic E-state index is -0.525. The van der Waals surface area contributed by atoms with Crippen LogP contribution < -0.4 is 0 Å². The summed E-state index contributed by atoms with van der Waals surface area (Å²) in [6.45, 7) is 6.53. The number of carbonyl (C=O) groups excluding carboxylic acids is 1. The lowest BCUT2D eigenvalue weighted by Crippen LogP contribution is -2.57. The van der Waals surface area contributed by atoms with Crippen molar-refractivity contribution in [2.45, 2.75) is 103 Å². The Kier molecular flexibility index (Phi) is 5.72. The molecule has 1 N–H and O–H groups in total. The molecule has 1 aromatic carbocycles. The van der Waals surface area contributed by atoms with Crippen molar-refractivity contribution in [1.29, 1.82) is 0 Å². The Labute approximate surface area is 194 Å². The molecule has 0 aliphatic heterocycles. The molecule has 0 bridgehead atoms. The van der Waals surface area contributed by atoms with E-state index in [4.69, 9.17) is 4.74 Å². The summed E-state index contributed by atoms with van der Waals surface area (Å²) >= 11 is 0. The molecule has 1 aromatic rings. The van der Waals surface area contributed by atoms with E-state index in [2.05, 4.69) is 44.2 Å². The van der Waals surface area contributed by atoms with Gasteiger partial charge in [-0.3, -0.25) is 4.79 Å². The molecule has 0 spiro atoms. The van der Waals surface area contributed by atoms with E-state index in [-0.39, 0.29) is 17.5 Å². The number of hydrogen-bond donors (Lipinski definition) is 1. The van der Waals surface area contributed by atoms with E-state index in [0.29, 0.717) is 17.3 Å². The average Bonchev–Trinajstić information content (AvgIpc) is 3.04. The summed E-state index contributed by atoms with van der Waals surface area (Å²) in [5.41, 5.74) is 1.26. The molecule has 5 rings (SSSR count). The summed E-state index contributed by atoms with van der Waals surface area (Å²) in [7, 11) is 0.